The minimum absolute atomic E-state index is 0.0556. The molecule has 1 atom stereocenters. The van der Waals surface area contributed by atoms with E-state index >= 15 is 0 Å². The highest BCUT2D eigenvalue weighted by Crippen LogP contribution is 2.40. The van der Waals surface area contributed by atoms with Crippen molar-refractivity contribution in [2.45, 2.75) is 33.1 Å². The van der Waals surface area contributed by atoms with Gasteiger partial charge in [-0.1, -0.05) is 6.92 Å². The fourth-order valence-electron chi connectivity index (χ4n) is 2.84. The van der Waals surface area contributed by atoms with Crippen LogP contribution in [0, 0.1) is 13.8 Å². The maximum atomic E-state index is 12.0. The molecule has 0 radical (unpaired) electrons. The van der Waals surface area contributed by atoms with Crippen molar-refractivity contribution in [2.24, 2.45) is 0 Å². The summed E-state index contributed by atoms with van der Waals surface area (Å²) in [5.41, 5.74) is 10.9. The Balaban J connectivity index is 2.17. The molecule has 1 aromatic carbocycles. The average Bonchev–Trinajstić information content (AvgIpc) is 2.88. The molecule has 3 rings (SSSR count). The molecule has 3 N–H and O–H groups in total. The number of carbonyl (C=O) groups excluding carboxylic acids is 1. The molecule has 2 aromatic rings. The first-order chi connectivity index (χ1) is 9.51. The number of hydrogen-bond acceptors (Lipinski definition) is 4. The van der Waals surface area contributed by atoms with Gasteiger partial charge in [0.15, 0.2) is 5.13 Å². The lowest BCUT2D eigenvalue weighted by Crippen LogP contribution is -2.10. The second-order valence-corrected chi connectivity index (χ2v) is 6.40. The zero-order chi connectivity index (χ0) is 14.4. The van der Waals surface area contributed by atoms with E-state index in [0.29, 0.717) is 5.13 Å². The van der Waals surface area contributed by atoms with E-state index in [0.717, 1.165) is 39.4 Å². The van der Waals surface area contributed by atoms with E-state index in [1.54, 1.807) is 0 Å². The maximum absolute atomic E-state index is 12.0. The van der Waals surface area contributed by atoms with Gasteiger partial charge in [-0.05, 0) is 43.5 Å². The Morgan fingerprint density at radius 2 is 2.15 bits per heavy atom. The highest BCUT2D eigenvalue weighted by atomic mass is 32.1. The average molecular weight is 287 g/mol. The summed E-state index contributed by atoms with van der Waals surface area (Å²) in [5.74, 6) is 0.0391. The lowest BCUT2D eigenvalue weighted by molar-refractivity contribution is -0.117. The summed E-state index contributed by atoms with van der Waals surface area (Å²) >= 11 is 1.49. The summed E-state index contributed by atoms with van der Waals surface area (Å²) in [6.45, 7) is 6.08. The van der Waals surface area contributed by atoms with Gasteiger partial charge < -0.3 is 11.1 Å². The summed E-state index contributed by atoms with van der Waals surface area (Å²) in [6.07, 6.45) is 0.805. The van der Waals surface area contributed by atoms with E-state index in [-0.39, 0.29) is 11.8 Å². The van der Waals surface area contributed by atoms with Crippen LogP contribution < -0.4 is 11.1 Å². The lowest BCUT2D eigenvalue weighted by Gasteiger charge is -2.09. The molecule has 0 fully saturated rings. The highest BCUT2D eigenvalue weighted by Gasteiger charge is 2.30. The van der Waals surface area contributed by atoms with Crippen molar-refractivity contribution >= 4 is 28.1 Å². The van der Waals surface area contributed by atoms with Crippen molar-refractivity contribution in [3.63, 3.8) is 0 Å². The number of nitrogen functional groups attached to an aromatic ring is 1. The van der Waals surface area contributed by atoms with Gasteiger partial charge in [0.05, 0.1) is 11.6 Å². The van der Waals surface area contributed by atoms with Gasteiger partial charge in [-0.15, -0.1) is 11.3 Å². The number of amides is 1. The third-order valence-corrected chi connectivity index (χ3v) is 4.60. The molecular weight excluding hydrogens is 270 g/mol. The van der Waals surface area contributed by atoms with Gasteiger partial charge in [0, 0.05) is 16.1 Å². The van der Waals surface area contributed by atoms with Gasteiger partial charge >= 0.3 is 0 Å². The topological polar surface area (TPSA) is 68.0 Å². The Morgan fingerprint density at radius 1 is 1.40 bits per heavy atom. The van der Waals surface area contributed by atoms with Crippen LogP contribution in [0.2, 0.25) is 0 Å². The van der Waals surface area contributed by atoms with Crippen LogP contribution in [0.3, 0.4) is 0 Å². The Hall–Kier alpha value is -1.88. The number of thiazole rings is 1. The number of aryl methyl sites for hydroxylation is 2. The Bertz CT molecular complexity index is 705. The maximum Gasteiger partial charge on any atom is 0.232 e. The molecular formula is C15H17N3OS. The van der Waals surface area contributed by atoms with Gasteiger partial charge in [-0.3, -0.25) is 4.79 Å². The molecule has 0 saturated carbocycles. The molecule has 0 aliphatic carbocycles. The number of anilines is 2. The number of nitrogens with zero attached hydrogens (tertiary/aromatic N) is 1. The first-order valence-corrected chi connectivity index (χ1v) is 7.51. The second kappa shape index (κ2) is 4.59. The van der Waals surface area contributed by atoms with Crippen molar-refractivity contribution in [1.29, 1.82) is 0 Å². The van der Waals surface area contributed by atoms with Crippen molar-refractivity contribution in [3.05, 3.63) is 28.1 Å². The molecule has 1 aromatic heterocycles. The summed E-state index contributed by atoms with van der Waals surface area (Å²) < 4.78 is 0. The number of aromatic nitrogens is 1. The number of carbonyl (C=O) groups is 1. The molecule has 104 valence electrons. The van der Waals surface area contributed by atoms with Crippen LogP contribution in [0.15, 0.2) is 12.1 Å². The van der Waals surface area contributed by atoms with Gasteiger partial charge in [0.1, 0.15) is 0 Å². The molecule has 0 saturated heterocycles. The Labute approximate surface area is 122 Å². The van der Waals surface area contributed by atoms with E-state index in [4.69, 9.17) is 5.73 Å². The first kappa shape index (κ1) is 13.1. The van der Waals surface area contributed by atoms with E-state index in [9.17, 15) is 4.79 Å². The molecule has 1 aliphatic rings. The van der Waals surface area contributed by atoms with E-state index in [2.05, 4.69) is 22.4 Å². The summed E-state index contributed by atoms with van der Waals surface area (Å²) in [6, 6.07) is 4.15. The number of fused-ring (bicyclic) bond motifs is 1. The van der Waals surface area contributed by atoms with Gasteiger partial charge in [0.25, 0.3) is 0 Å². The fraction of sp³-hybridized carbons (Fsp3) is 0.333. The highest BCUT2D eigenvalue weighted by molar-refractivity contribution is 7.15. The van der Waals surface area contributed by atoms with Crippen molar-refractivity contribution in [3.8, 4) is 11.3 Å². The Kier molecular flexibility index (Phi) is 3.01. The predicted molar refractivity (Wildman–Crippen MR) is 83.1 cm³/mol. The number of hydrogen-bond donors (Lipinski definition) is 2. The summed E-state index contributed by atoms with van der Waals surface area (Å²) in [5, 5.41) is 3.56. The molecule has 2 heterocycles. The monoisotopic (exact) mass is 287 g/mol. The molecule has 20 heavy (non-hydrogen) atoms. The third-order valence-electron chi connectivity index (χ3n) is 3.80. The first-order valence-electron chi connectivity index (χ1n) is 6.70. The number of nitrogens with two attached hydrogens (primary N) is 1. The second-order valence-electron chi connectivity index (χ2n) is 5.16. The molecule has 4 nitrogen and oxygen atoms in total. The van der Waals surface area contributed by atoms with Crippen LogP contribution in [-0.2, 0) is 4.79 Å². The number of nitrogens with one attached hydrogen (secondary N) is 1. The van der Waals surface area contributed by atoms with Crippen molar-refractivity contribution in [1.82, 2.24) is 4.98 Å². The van der Waals surface area contributed by atoms with Crippen LogP contribution in [0.25, 0.3) is 11.3 Å². The molecule has 1 unspecified atom stereocenters. The van der Waals surface area contributed by atoms with Crippen molar-refractivity contribution < 1.29 is 4.79 Å². The van der Waals surface area contributed by atoms with E-state index < -0.39 is 0 Å². The van der Waals surface area contributed by atoms with Crippen LogP contribution in [0.1, 0.15) is 35.3 Å². The van der Waals surface area contributed by atoms with Crippen LogP contribution in [0.4, 0.5) is 10.8 Å². The molecule has 5 heteroatoms. The minimum atomic E-state index is -0.0556. The quantitative estimate of drug-likeness (QED) is 0.889. The van der Waals surface area contributed by atoms with Crippen LogP contribution in [0.5, 0.6) is 0 Å². The minimum Gasteiger partial charge on any atom is -0.375 e. The molecule has 1 amide bonds. The third kappa shape index (κ3) is 1.89. The summed E-state index contributed by atoms with van der Waals surface area (Å²) in [7, 11) is 0. The van der Waals surface area contributed by atoms with Gasteiger partial charge in [-0.2, -0.15) is 0 Å². The lowest BCUT2D eigenvalue weighted by atomic mass is 9.93. The van der Waals surface area contributed by atoms with Gasteiger partial charge in [0.2, 0.25) is 5.91 Å². The SMILES string of the molecule is CCC1C(=O)Nc2c(C)cc(-c3nc(N)sc3C)cc21. The number of rotatable bonds is 2. The van der Waals surface area contributed by atoms with E-state index in [1.165, 1.54) is 11.3 Å². The largest absolute Gasteiger partial charge is 0.375 e. The van der Waals surface area contributed by atoms with Crippen molar-refractivity contribution in [2.75, 3.05) is 11.1 Å². The molecule has 0 bridgehead atoms. The predicted octanol–water partition coefficient (Wildman–Crippen LogP) is 3.45. The fourth-order valence-corrected chi connectivity index (χ4v) is 3.55. The van der Waals surface area contributed by atoms with Crippen LogP contribution >= 0.6 is 11.3 Å². The van der Waals surface area contributed by atoms with Gasteiger partial charge in [-0.25, -0.2) is 4.98 Å². The molecule has 0 spiro atoms. The zero-order valence-electron chi connectivity index (χ0n) is 11.8. The normalized spacial score (nSPS) is 17.1. The smallest absolute Gasteiger partial charge is 0.232 e. The number of benzene rings is 1. The van der Waals surface area contributed by atoms with Crippen LogP contribution in [-0.4, -0.2) is 10.9 Å². The standard InChI is InChI=1S/C15H17N3OS/c1-4-10-11-6-9(13-8(3)20-15(16)18-13)5-7(2)12(11)17-14(10)19/h5-6,10H,4H2,1-3H3,(H2,16,18)(H,17,19). The Morgan fingerprint density at radius 3 is 2.75 bits per heavy atom. The molecule has 1 aliphatic heterocycles. The zero-order valence-corrected chi connectivity index (χ0v) is 12.6. The van der Waals surface area contributed by atoms with E-state index in [1.807, 2.05) is 20.8 Å². The summed E-state index contributed by atoms with van der Waals surface area (Å²) in [4.78, 5) is 17.5.